The number of carbonyl (C=O) groups excluding carboxylic acids is 1. The monoisotopic (exact) mass is 576 g/mol. The largest absolute Gasteiger partial charge is 0.415 e. The number of alkyl halides is 4. The molecule has 2 aromatic rings. The second kappa shape index (κ2) is 10.4. The van der Waals surface area contributed by atoms with Gasteiger partial charge in [0.05, 0.1) is 18.0 Å². The molecule has 10 nitrogen and oxygen atoms in total. The number of sulfonamides is 1. The van der Waals surface area contributed by atoms with Crippen LogP contribution in [-0.4, -0.2) is 61.2 Å². The van der Waals surface area contributed by atoms with Gasteiger partial charge >= 0.3 is 6.61 Å². The summed E-state index contributed by atoms with van der Waals surface area (Å²) in [5.74, 6) is -1.51. The van der Waals surface area contributed by atoms with Gasteiger partial charge in [-0.15, -0.1) is 16.4 Å². The lowest BCUT2D eigenvalue weighted by Crippen LogP contribution is -2.45. The first-order valence-electron chi connectivity index (χ1n) is 11.9. The van der Waals surface area contributed by atoms with Crippen LogP contribution in [0, 0.1) is 5.92 Å². The smallest absolute Gasteiger partial charge is 0.388 e. The number of nitrogens with zero attached hydrogens (tertiary/aromatic N) is 4. The first-order chi connectivity index (χ1) is 18.0. The highest BCUT2D eigenvalue weighted by Gasteiger charge is 2.45. The predicted octanol–water partition coefficient (Wildman–Crippen LogP) is 3.52. The van der Waals surface area contributed by atoms with Crippen LogP contribution in [0.25, 0.3) is 0 Å². The second-order valence-corrected chi connectivity index (χ2v) is 12.2. The van der Waals surface area contributed by atoms with Gasteiger partial charge in [-0.05, 0) is 44.1 Å². The van der Waals surface area contributed by atoms with Gasteiger partial charge in [0.2, 0.25) is 21.8 Å². The minimum absolute atomic E-state index is 0.0698. The zero-order valence-corrected chi connectivity index (χ0v) is 21.7. The molecule has 0 radical (unpaired) electrons. The molecule has 0 unspecified atom stereocenters. The summed E-state index contributed by atoms with van der Waals surface area (Å²) in [5.41, 5.74) is 0.483. The van der Waals surface area contributed by atoms with E-state index < -0.39 is 52.9 Å². The van der Waals surface area contributed by atoms with E-state index in [2.05, 4.69) is 35.9 Å². The van der Waals surface area contributed by atoms with Crippen LogP contribution >= 0.6 is 11.3 Å². The molecule has 3 atom stereocenters. The van der Waals surface area contributed by atoms with Crippen molar-refractivity contribution < 1.29 is 35.5 Å². The summed E-state index contributed by atoms with van der Waals surface area (Å²) in [6.45, 7) is -3.03. The van der Waals surface area contributed by atoms with Gasteiger partial charge in [-0.3, -0.25) is 4.79 Å². The van der Waals surface area contributed by atoms with E-state index >= 15 is 0 Å². The minimum Gasteiger partial charge on any atom is -0.415 e. The van der Waals surface area contributed by atoms with Gasteiger partial charge in [0.25, 0.3) is 0 Å². The van der Waals surface area contributed by atoms with Crippen molar-refractivity contribution in [3.05, 3.63) is 16.5 Å². The topological polar surface area (TPSA) is 127 Å². The van der Waals surface area contributed by atoms with Gasteiger partial charge in [0, 0.05) is 24.0 Å². The Morgan fingerprint density at radius 1 is 1.32 bits per heavy atom. The SMILES string of the molecule is Cn1nc(OC(F)F)cc1N=C=N[C@H]1CCc2sc(NC(=O)[C@H]3C[C@@H]3F)c(S(=O)(=O)NC3CC(F)C3)c2C1. The highest BCUT2D eigenvalue weighted by atomic mass is 32.2. The standard InChI is InChI=1S/C22H24F4N6O4S2/c1-32-17(8-18(30-32)36-22(25)26)28-9-27-11-2-3-16-14(6-11)19(38(34,35)31-12-4-10(23)5-12)21(37-16)29-20(33)13-7-15(13)24/h8,10-13,15,22,31H,2-7H2,1H3,(H,29,33)/t10?,11-,12?,13-,15-/m0/s1. The maximum Gasteiger partial charge on any atom is 0.388 e. The normalized spacial score (nSPS) is 26.2. The van der Waals surface area contributed by atoms with Crippen LogP contribution in [0.15, 0.2) is 20.9 Å². The number of amides is 1. The third kappa shape index (κ3) is 5.77. The van der Waals surface area contributed by atoms with E-state index in [4.69, 9.17) is 0 Å². The van der Waals surface area contributed by atoms with Crippen LogP contribution in [0.4, 0.5) is 28.4 Å². The van der Waals surface area contributed by atoms with Crippen molar-refractivity contribution in [2.24, 2.45) is 23.0 Å². The summed E-state index contributed by atoms with van der Waals surface area (Å²) in [7, 11) is -2.64. The molecule has 38 heavy (non-hydrogen) atoms. The van der Waals surface area contributed by atoms with E-state index in [-0.39, 0.29) is 47.3 Å². The second-order valence-electron chi connectivity index (χ2n) is 9.48. The van der Waals surface area contributed by atoms with Crippen LogP contribution in [-0.2, 0) is 34.7 Å². The molecule has 1 amide bonds. The van der Waals surface area contributed by atoms with Crippen LogP contribution < -0.4 is 14.8 Å². The van der Waals surface area contributed by atoms with E-state index in [0.717, 1.165) is 16.2 Å². The zero-order valence-electron chi connectivity index (χ0n) is 20.0. The molecule has 0 aromatic carbocycles. The number of rotatable bonds is 9. The third-order valence-corrected chi connectivity index (χ3v) is 9.56. The number of halogens is 4. The number of aromatic nitrogens is 2. The molecule has 3 aliphatic carbocycles. The Hall–Kier alpha value is -2.81. The minimum atomic E-state index is -4.12. The first kappa shape index (κ1) is 26.8. The van der Waals surface area contributed by atoms with E-state index in [1.165, 1.54) is 17.8 Å². The number of thiophene rings is 1. The average molecular weight is 577 g/mol. The molecule has 2 saturated carbocycles. The average Bonchev–Trinajstić information content (AvgIpc) is 3.28. The van der Waals surface area contributed by atoms with Gasteiger partial charge in [-0.1, -0.05) is 0 Å². The van der Waals surface area contributed by atoms with Crippen molar-refractivity contribution in [3.8, 4) is 5.88 Å². The van der Waals surface area contributed by atoms with Crippen LogP contribution in [0.3, 0.4) is 0 Å². The van der Waals surface area contributed by atoms with E-state index in [1.807, 2.05) is 0 Å². The highest BCUT2D eigenvalue weighted by Crippen LogP contribution is 2.43. The van der Waals surface area contributed by atoms with Crippen LogP contribution in [0.5, 0.6) is 5.88 Å². The van der Waals surface area contributed by atoms with E-state index in [0.29, 0.717) is 18.4 Å². The molecular formula is C22H24F4N6O4S2. The molecule has 0 aliphatic heterocycles. The summed E-state index contributed by atoms with van der Waals surface area (Å²) in [6.07, 6.45) is -0.850. The number of hydrogen-bond acceptors (Lipinski definition) is 8. The molecule has 0 saturated heterocycles. The summed E-state index contributed by atoms with van der Waals surface area (Å²) >= 11 is 1.13. The van der Waals surface area contributed by atoms with Crippen molar-refractivity contribution in [1.29, 1.82) is 0 Å². The zero-order chi connectivity index (χ0) is 27.2. The van der Waals surface area contributed by atoms with Gasteiger partial charge in [-0.2, -0.15) is 13.8 Å². The number of aryl methyl sites for hydroxylation is 2. The Labute approximate surface area is 219 Å². The van der Waals surface area contributed by atoms with Crippen molar-refractivity contribution in [2.45, 2.75) is 74.5 Å². The predicted molar refractivity (Wildman–Crippen MR) is 129 cm³/mol. The van der Waals surface area contributed by atoms with Gasteiger partial charge in [0.1, 0.15) is 22.2 Å². The number of carbonyl (C=O) groups is 1. The number of nitrogens with one attached hydrogen (secondary N) is 2. The molecule has 0 bridgehead atoms. The van der Waals surface area contributed by atoms with Crippen LogP contribution in [0.1, 0.15) is 36.1 Å². The third-order valence-electron chi connectivity index (χ3n) is 6.59. The molecule has 16 heteroatoms. The molecule has 2 fully saturated rings. The maximum atomic E-state index is 13.4. The lowest BCUT2D eigenvalue weighted by Gasteiger charge is -2.30. The molecule has 206 valence electrons. The number of fused-ring (bicyclic) bond motifs is 1. The molecule has 0 spiro atoms. The number of aliphatic imine (C=N–C) groups is 2. The molecule has 2 N–H and O–H groups in total. The molecule has 2 heterocycles. The van der Waals surface area contributed by atoms with Crippen molar-refractivity contribution in [3.63, 3.8) is 0 Å². The quantitative estimate of drug-likeness (QED) is 0.349. The summed E-state index contributed by atoms with van der Waals surface area (Å²) in [6, 6.07) is 2.77. The molecule has 5 rings (SSSR count). The Kier molecular flexibility index (Phi) is 7.33. The Morgan fingerprint density at radius 2 is 2.05 bits per heavy atom. The van der Waals surface area contributed by atoms with Crippen LogP contribution in [0.2, 0.25) is 0 Å². The fraction of sp³-hybridized carbons (Fsp3) is 0.591. The van der Waals surface area contributed by atoms with Gasteiger partial charge < -0.3 is 10.1 Å². The number of hydrogen-bond donors (Lipinski definition) is 2. The molecule has 3 aliphatic rings. The Morgan fingerprint density at radius 3 is 2.71 bits per heavy atom. The Bertz CT molecular complexity index is 1400. The van der Waals surface area contributed by atoms with Crippen molar-refractivity contribution in [1.82, 2.24) is 14.5 Å². The molecule has 2 aromatic heterocycles. The fourth-order valence-electron chi connectivity index (χ4n) is 4.43. The first-order valence-corrected chi connectivity index (χ1v) is 14.2. The van der Waals surface area contributed by atoms with Gasteiger partial charge in [0.15, 0.2) is 5.82 Å². The fourth-order valence-corrected chi connectivity index (χ4v) is 7.66. The molecular weight excluding hydrogens is 552 g/mol. The van der Waals surface area contributed by atoms with Crippen molar-refractivity contribution in [2.75, 3.05) is 5.32 Å². The number of ether oxygens (including phenoxy) is 1. The van der Waals surface area contributed by atoms with E-state index in [1.54, 1.807) is 0 Å². The highest BCUT2D eigenvalue weighted by molar-refractivity contribution is 7.90. The van der Waals surface area contributed by atoms with Gasteiger partial charge in [-0.25, -0.2) is 31.6 Å². The number of anilines is 1. The summed E-state index contributed by atoms with van der Waals surface area (Å²) in [4.78, 5) is 21.4. The summed E-state index contributed by atoms with van der Waals surface area (Å²) in [5, 5.41) is 6.46. The summed E-state index contributed by atoms with van der Waals surface area (Å²) < 4.78 is 86.2. The van der Waals surface area contributed by atoms with E-state index in [9.17, 15) is 30.8 Å². The lowest BCUT2D eigenvalue weighted by molar-refractivity contribution is -0.117. The lowest BCUT2D eigenvalue weighted by atomic mass is 9.92. The maximum absolute atomic E-state index is 13.4. The van der Waals surface area contributed by atoms with Crippen molar-refractivity contribution >= 4 is 44.1 Å². The Balaban J connectivity index is 1.38.